The van der Waals surface area contributed by atoms with Crippen LogP contribution in [0.15, 0.2) is 110 Å². The fourth-order valence-corrected chi connectivity index (χ4v) is 5.67. The van der Waals surface area contributed by atoms with Crippen LogP contribution in [-0.4, -0.2) is 76.8 Å². The number of hydrogen-bond donors (Lipinski definition) is 2. The third kappa shape index (κ3) is 8.86. The molecule has 0 saturated carbocycles. The maximum atomic E-state index is 13.1. The maximum Gasteiger partial charge on any atom is 0.255 e. The Labute approximate surface area is 276 Å². The molecule has 0 aliphatic carbocycles. The monoisotopic (exact) mass is 628 g/mol. The fraction of sp³-hybridized carbons (Fsp3) is 0.263. The van der Waals surface area contributed by atoms with Crippen LogP contribution < -0.4 is 10.6 Å². The summed E-state index contributed by atoms with van der Waals surface area (Å²) in [5, 5.41) is 6.34. The van der Waals surface area contributed by atoms with Crippen LogP contribution in [0, 0.1) is 6.92 Å². The van der Waals surface area contributed by atoms with E-state index in [1.54, 1.807) is 18.6 Å². The largest absolute Gasteiger partial charge is 0.331 e. The van der Waals surface area contributed by atoms with Crippen molar-refractivity contribution in [3.63, 3.8) is 0 Å². The summed E-state index contributed by atoms with van der Waals surface area (Å²) in [4.78, 5) is 28.8. The molecule has 47 heavy (non-hydrogen) atoms. The number of amides is 1. The highest BCUT2D eigenvalue weighted by atomic mass is 16.5. The van der Waals surface area contributed by atoms with Crippen molar-refractivity contribution in [3.8, 4) is 11.3 Å². The van der Waals surface area contributed by atoms with E-state index >= 15 is 0 Å². The van der Waals surface area contributed by atoms with Gasteiger partial charge in [0.05, 0.1) is 32.4 Å². The van der Waals surface area contributed by atoms with E-state index in [9.17, 15) is 4.79 Å². The zero-order chi connectivity index (χ0) is 32.5. The zero-order valence-electron chi connectivity index (χ0n) is 27.1. The molecule has 3 aromatic carbocycles. The smallest absolute Gasteiger partial charge is 0.255 e. The molecule has 9 nitrogen and oxygen atoms in total. The third-order valence-corrected chi connectivity index (χ3v) is 8.67. The lowest BCUT2D eigenvalue weighted by molar-refractivity contribution is -0.932. The SMILES string of the molecule is Cc1ccc(NC(=O)c2ccc(CN3CC[N+](C)(COCCc4ccccc4)CC3)cc2)cc1Nc1nccc(-c2cccnc2)n1. The first-order chi connectivity index (χ1) is 22.9. The molecule has 2 aromatic heterocycles. The van der Waals surface area contributed by atoms with Crippen LogP contribution >= 0.6 is 0 Å². The van der Waals surface area contributed by atoms with Crippen molar-refractivity contribution in [1.29, 1.82) is 0 Å². The second kappa shape index (κ2) is 15.1. The van der Waals surface area contributed by atoms with Crippen molar-refractivity contribution in [2.75, 3.05) is 57.2 Å². The zero-order valence-corrected chi connectivity index (χ0v) is 27.1. The van der Waals surface area contributed by atoms with Gasteiger partial charge >= 0.3 is 0 Å². The number of pyridine rings is 1. The van der Waals surface area contributed by atoms with Crippen LogP contribution in [0.1, 0.15) is 27.0 Å². The number of carbonyl (C=O) groups excluding carboxylic acids is 1. The Kier molecular flexibility index (Phi) is 10.3. The van der Waals surface area contributed by atoms with Crippen molar-refractivity contribution < 1.29 is 14.0 Å². The van der Waals surface area contributed by atoms with Gasteiger partial charge in [-0.3, -0.25) is 14.7 Å². The number of aryl methyl sites for hydroxylation is 1. The summed E-state index contributed by atoms with van der Waals surface area (Å²) in [6, 6.07) is 29.9. The number of piperazine rings is 1. The van der Waals surface area contributed by atoms with Crippen molar-refractivity contribution in [3.05, 3.63) is 132 Å². The molecule has 0 atom stereocenters. The molecule has 0 bridgehead atoms. The Morgan fingerprint density at radius 2 is 1.72 bits per heavy atom. The molecule has 1 saturated heterocycles. The topological polar surface area (TPSA) is 92.3 Å². The first-order valence-electron chi connectivity index (χ1n) is 16.1. The quantitative estimate of drug-likeness (QED) is 0.123. The highest BCUT2D eigenvalue weighted by Gasteiger charge is 2.28. The van der Waals surface area contributed by atoms with Crippen LogP contribution in [0.2, 0.25) is 0 Å². The van der Waals surface area contributed by atoms with E-state index in [4.69, 9.17) is 4.74 Å². The normalized spacial score (nSPS) is 14.4. The van der Waals surface area contributed by atoms with Gasteiger partial charge in [0.1, 0.15) is 0 Å². The summed E-state index contributed by atoms with van der Waals surface area (Å²) in [5.74, 6) is 0.317. The van der Waals surface area contributed by atoms with Gasteiger partial charge in [0.15, 0.2) is 6.73 Å². The third-order valence-electron chi connectivity index (χ3n) is 8.67. The molecular formula is C38H42N7O2+. The molecule has 3 heterocycles. The molecule has 0 spiro atoms. The van der Waals surface area contributed by atoms with Crippen LogP contribution in [0.25, 0.3) is 11.3 Å². The van der Waals surface area contributed by atoms with Gasteiger partial charge in [0, 0.05) is 60.7 Å². The van der Waals surface area contributed by atoms with Gasteiger partial charge in [-0.2, -0.15) is 0 Å². The minimum atomic E-state index is -0.153. The minimum absolute atomic E-state index is 0.153. The van der Waals surface area contributed by atoms with Gasteiger partial charge in [-0.1, -0.05) is 48.5 Å². The first-order valence-corrected chi connectivity index (χ1v) is 16.1. The number of carbonyl (C=O) groups is 1. The summed E-state index contributed by atoms with van der Waals surface area (Å²) in [6.07, 6.45) is 6.17. The van der Waals surface area contributed by atoms with Gasteiger partial charge in [0.2, 0.25) is 5.95 Å². The Hall–Kier alpha value is -4.96. The van der Waals surface area contributed by atoms with Crippen LogP contribution in [0.4, 0.5) is 17.3 Å². The minimum Gasteiger partial charge on any atom is -0.331 e. The van der Waals surface area contributed by atoms with E-state index in [0.717, 1.165) is 79.5 Å². The molecule has 5 aromatic rings. The number of nitrogens with zero attached hydrogens (tertiary/aromatic N) is 5. The van der Waals surface area contributed by atoms with Gasteiger partial charge in [-0.25, -0.2) is 9.97 Å². The van der Waals surface area contributed by atoms with E-state index in [-0.39, 0.29) is 5.91 Å². The second-order valence-electron chi connectivity index (χ2n) is 12.4. The van der Waals surface area contributed by atoms with Crippen LogP contribution in [0.5, 0.6) is 0 Å². The number of nitrogens with one attached hydrogen (secondary N) is 2. The second-order valence-corrected chi connectivity index (χ2v) is 12.4. The number of benzene rings is 3. The van der Waals surface area contributed by atoms with E-state index < -0.39 is 0 Å². The van der Waals surface area contributed by atoms with E-state index in [0.29, 0.717) is 17.2 Å². The number of rotatable bonds is 12. The Bertz CT molecular complexity index is 1760. The Morgan fingerprint density at radius 3 is 2.49 bits per heavy atom. The average Bonchev–Trinajstić information content (AvgIpc) is 3.11. The first kappa shape index (κ1) is 32.0. The van der Waals surface area contributed by atoms with E-state index in [2.05, 4.69) is 73.9 Å². The summed E-state index contributed by atoms with van der Waals surface area (Å²) in [5.41, 5.74) is 7.34. The number of ether oxygens (including phenoxy) is 1. The molecule has 0 unspecified atom stereocenters. The number of likely N-dealkylation sites (N-methyl/N-ethyl adjacent to an activating group) is 1. The van der Waals surface area contributed by atoms with Crippen molar-refractivity contribution in [2.24, 2.45) is 0 Å². The highest BCUT2D eigenvalue weighted by molar-refractivity contribution is 6.04. The van der Waals surface area contributed by atoms with E-state index in [1.165, 1.54) is 11.1 Å². The summed E-state index contributed by atoms with van der Waals surface area (Å²) in [7, 11) is 2.29. The Balaban J connectivity index is 0.980. The molecule has 0 radical (unpaired) electrons. The maximum absolute atomic E-state index is 13.1. The molecular weight excluding hydrogens is 586 g/mol. The number of hydrogen-bond acceptors (Lipinski definition) is 7. The predicted molar refractivity (Wildman–Crippen MR) is 186 cm³/mol. The lowest BCUT2D eigenvalue weighted by atomic mass is 10.1. The van der Waals surface area contributed by atoms with Gasteiger partial charge in [0.25, 0.3) is 5.91 Å². The van der Waals surface area contributed by atoms with Crippen molar-refractivity contribution in [2.45, 2.75) is 19.9 Å². The Morgan fingerprint density at radius 1 is 0.915 bits per heavy atom. The molecule has 1 aliphatic rings. The van der Waals surface area contributed by atoms with Crippen molar-refractivity contribution >= 4 is 23.2 Å². The molecule has 6 rings (SSSR count). The lowest BCUT2D eigenvalue weighted by Gasteiger charge is -2.41. The number of anilines is 3. The molecule has 9 heteroatoms. The molecule has 1 amide bonds. The number of aromatic nitrogens is 3. The van der Waals surface area contributed by atoms with Gasteiger partial charge < -0.3 is 19.9 Å². The van der Waals surface area contributed by atoms with E-state index in [1.807, 2.05) is 61.5 Å². The summed E-state index contributed by atoms with van der Waals surface area (Å²) in [6.45, 7) is 8.51. The standard InChI is InChI=1S/C38H41N7O2/c1-29-10-15-34(25-36(29)43-38-40-19-16-35(42-38)33-9-6-18-39-26-33)41-37(46)32-13-11-31(12-14-32)27-44-20-22-45(2,23-21-44)28-47-24-17-30-7-4-3-5-8-30/h3-16,18-19,25-26H,17,20-24,27-28H2,1-2H3,(H-,40,41,42,43,46)/p+1. The molecule has 1 aliphatic heterocycles. The average molecular weight is 629 g/mol. The van der Waals surface area contributed by atoms with Gasteiger partial charge in [-0.05, 0) is 72.5 Å². The lowest BCUT2D eigenvalue weighted by Crippen LogP contribution is -2.57. The summed E-state index contributed by atoms with van der Waals surface area (Å²) >= 11 is 0. The van der Waals surface area contributed by atoms with Crippen molar-refractivity contribution in [1.82, 2.24) is 19.9 Å². The predicted octanol–water partition coefficient (Wildman–Crippen LogP) is 6.32. The number of quaternary nitrogens is 1. The summed E-state index contributed by atoms with van der Waals surface area (Å²) < 4.78 is 7.01. The highest BCUT2D eigenvalue weighted by Crippen LogP contribution is 2.25. The van der Waals surface area contributed by atoms with Gasteiger partial charge in [-0.15, -0.1) is 0 Å². The molecule has 240 valence electrons. The van der Waals surface area contributed by atoms with Crippen LogP contribution in [0.3, 0.4) is 0 Å². The fourth-order valence-electron chi connectivity index (χ4n) is 5.67. The molecule has 1 fully saturated rings. The van der Waals surface area contributed by atoms with Crippen LogP contribution in [-0.2, 0) is 17.7 Å². The molecule has 2 N–H and O–H groups in total.